The number of benzene rings is 2. The van der Waals surface area contributed by atoms with Crippen LogP contribution in [-0.2, 0) is 0 Å². The van der Waals surface area contributed by atoms with Crippen LogP contribution in [0.4, 0.5) is 15.2 Å². The number of nitrogens with zero attached hydrogens (tertiary/aromatic N) is 5. The number of thiophene rings is 1. The van der Waals surface area contributed by atoms with Crippen LogP contribution in [0.2, 0.25) is 0 Å². The molecule has 0 saturated carbocycles. The number of anilines is 2. The van der Waals surface area contributed by atoms with Gasteiger partial charge in [-0.3, -0.25) is 4.79 Å². The van der Waals surface area contributed by atoms with Gasteiger partial charge in [-0.1, -0.05) is 0 Å². The van der Waals surface area contributed by atoms with Gasteiger partial charge in [-0.15, -0.1) is 22.7 Å². The van der Waals surface area contributed by atoms with Gasteiger partial charge in [-0.05, 0) is 54.6 Å². The first-order valence-electron chi connectivity index (χ1n) is 10.1. The third-order valence-electron chi connectivity index (χ3n) is 5.17. The molecule has 4 heterocycles. The molecule has 34 heavy (non-hydrogen) atoms. The predicted octanol–water partition coefficient (Wildman–Crippen LogP) is 5.13. The molecular formula is C23H14FN7OS2. The number of thiazole rings is 1. The number of aromatic nitrogens is 5. The fourth-order valence-electron chi connectivity index (χ4n) is 3.54. The summed E-state index contributed by atoms with van der Waals surface area (Å²) < 4.78 is 16.1. The molecule has 1 amide bonds. The standard InChI is InChI=1S/C23H14FN7OS2/c24-13-2-4-14(5-3-13)31-22-15(10-27-31)21(30-23(32)18-7-8-19(25)34-18)28-20(29-22)12-1-6-17-16(9-12)26-11-33-17/h1-11H,25H2,(H,28,29,30,32). The van der Waals surface area contributed by atoms with Crippen molar-refractivity contribution < 1.29 is 9.18 Å². The summed E-state index contributed by atoms with van der Waals surface area (Å²) in [5, 5.41) is 8.38. The molecule has 166 valence electrons. The smallest absolute Gasteiger partial charge is 0.266 e. The van der Waals surface area contributed by atoms with E-state index < -0.39 is 0 Å². The van der Waals surface area contributed by atoms with E-state index in [2.05, 4.69) is 20.4 Å². The molecule has 0 aliphatic rings. The van der Waals surface area contributed by atoms with Gasteiger partial charge in [0.05, 0.1) is 42.9 Å². The SMILES string of the molecule is Nc1ccc(C(=O)Nc2nc(-c3ccc4scnc4c3)nc3c2cnn3-c2ccc(F)cc2)s1. The Bertz CT molecular complexity index is 1690. The van der Waals surface area contributed by atoms with E-state index in [0.29, 0.717) is 38.2 Å². The monoisotopic (exact) mass is 487 g/mol. The van der Waals surface area contributed by atoms with E-state index >= 15 is 0 Å². The highest BCUT2D eigenvalue weighted by Crippen LogP contribution is 2.30. The normalized spacial score (nSPS) is 11.3. The number of amides is 1. The third-order valence-corrected chi connectivity index (χ3v) is 6.89. The first-order valence-corrected chi connectivity index (χ1v) is 11.8. The van der Waals surface area contributed by atoms with Crippen molar-refractivity contribution in [2.45, 2.75) is 0 Å². The highest BCUT2D eigenvalue weighted by molar-refractivity contribution is 7.17. The molecule has 6 rings (SSSR count). The molecule has 3 N–H and O–H groups in total. The minimum Gasteiger partial charge on any atom is -0.391 e. The maximum absolute atomic E-state index is 13.5. The Morgan fingerprint density at radius 1 is 1.06 bits per heavy atom. The summed E-state index contributed by atoms with van der Waals surface area (Å²) in [5.41, 5.74) is 10.2. The molecular weight excluding hydrogens is 473 g/mol. The minimum absolute atomic E-state index is 0.309. The molecule has 0 fully saturated rings. The van der Waals surface area contributed by atoms with E-state index in [-0.39, 0.29) is 11.7 Å². The Hall–Kier alpha value is -4.22. The molecule has 0 bridgehead atoms. The zero-order valence-corrected chi connectivity index (χ0v) is 18.9. The van der Waals surface area contributed by atoms with E-state index in [4.69, 9.17) is 10.7 Å². The van der Waals surface area contributed by atoms with Gasteiger partial charge in [0.1, 0.15) is 11.6 Å². The summed E-state index contributed by atoms with van der Waals surface area (Å²) in [4.78, 5) is 27.1. The van der Waals surface area contributed by atoms with E-state index in [1.807, 2.05) is 18.2 Å². The maximum Gasteiger partial charge on any atom is 0.266 e. The summed E-state index contributed by atoms with van der Waals surface area (Å²) in [6.07, 6.45) is 1.57. The molecule has 0 atom stereocenters. The molecule has 0 saturated heterocycles. The topological polar surface area (TPSA) is 112 Å². The van der Waals surface area contributed by atoms with Crippen LogP contribution in [0, 0.1) is 5.82 Å². The summed E-state index contributed by atoms with van der Waals surface area (Å²) in [6, 6.07) is 15.0. The first kappa shape index (κ1) is 20.4. The van der Waals surface area contributed by atoms with Crippen LogP contribution < -0.4 is 11.1 Å². The lowest BCUT2D eigenvalue weighted by Gasteiger charge is -2.09. The molecule has 8 nitrogen and oxygen atoms in total. The highest BCUT2D eigenvalue weighted by atomic mass is 32.1. The van der Waals surface area contributed by atoms with Crippen molar-refractivity contribution in [2.75, 3.05) is 11.1 Å². The van der Waals surface area contributed by atoms with Crippen LogP contribution in [0.5, 0.6) is 0 Å². The third kappa shape index (κ3) is 3.56. The number of rotatable bonds is 4. The Morgan fingerprint density at radius 3 is 2.71 bits per heavy atom. The number of nitrogens with two attached hydrogens (primary N) is 1. The molecule has 0 aliphatic heterocycles. The average molecular weight is 488 g/mol. The highest BCUT2D eigenvalue weighted by Gasteiger charge is 2.19. The second-order valence-corrected chi connectivity index (χ2v) is 9.36. The lowest BCUT2D eigenvalue weighted by atomic mass is 10.2. The second-order valence-electron chi connectivity index (χ2n) is 7.36. The quantitative estimate of drug-likeness (QED) is 0.357. The second kappa shape index (κ2) is 7.97. The zero-order chi connectivity index (χ0) is 23.2. The largest absolute Gasteiger partial charge is 0.391 e. The van der Waals surface area contributed by atoms with Crippen LogP contribution >= 0.6 is 22.7 Å². The van der Waals surface area contributed by atoms with E-state index in [0.717, 1.165) is 15.8 Å². The maximum atomic E-state index is 13.5. The summed E-state index contributed by atoms with van der Waals surface area (Å²) in [6.45, 7) is 0. The number of hydrogen-bond acceptors (Lipinski definition) is 8. The predicted molar refractivity (Wildman–Crippen MR) is 132 cm³/mol. The Labute approximate surface area is 199 Å². The lowest BCUT2D eigenvalue weighted by Crippen LogP contribution is -2.12. The van der Waals surface area contributed by atoms with Crippen molar-refractivity contribution in [1.82, 2.24) is 24.7 Å². The molecule has 11 heteroatoms. The van der Waals surface area contributed by atoms with Crippen LogP contribution in [0.1, 0.15) is 9.67 Å². The number of halogens is 1. The average Bonchev–Trinajstić information content (AvgIpc) is 3.58. The van der Waals surface area contributed by atoms with Crippen molar-refractivity contribution in [3.05, 3.63) is 77.0 Å². The fraction of sp³-hybridized carbons (Fsp3) is 0. The molecule has 2 aromatic carbocycles. The van der Waals surface area contributed by atoms with Crippen molar-refractivity contribution in [2.24, 2.45) is 0 Å². The van der Waals surface area contributed by atoms with Gasteiger partial charge < -0.3 is 11.1 Å². The number of nitrogens with one attached hydrogen (secondary N) is 1. The zero-order valence-electron chi connectivity index (χ0n) is 17.3. The summed E-state index contributed by atoms with van der Waals surface area (Å²) in [7, 11) is 0. The molecule has 0 spiro atoms. The Balaban J connectivity index is 1.52. The molecule has 0 unspecified atom stereocenters. The van der Waals surface area contributed by atoms with Crippen molar-refractivity contribution in [3.8, 4) is 17.1 Å². The van der Waals surface area contributed by atoms with Gasteiger partial charge in [0.2, 0.25) is 0 Å². The summed E-state index contributed by atoms with van der Waals surface area (Å²) >= 11 is 2.73. The number of hydrogen-bond donors (Lipinski definition) is 2. The van der Waals surface area contributed by atoms with Gasteiger partial charge in [0.25, 0.3) is 5.91 Å². The van der Waals surface area contributed by atoms with E-state index in [9.17, 15) is 9.18 Å². The number of carbonyl (C=O) groups is 1. The molecule has 0 radical (unpaired) electrons. The fourth-order valence-corrected chi connectivity index (χ4v) is 4.87. The minimum atomic E-state index is -0.352. The van der Waals surface area contributed by atoms with Crippen LogP contribution in [0.15, 0.2) is 66.3 Å². The van der Waals surface area contributed by atoms with Crippen molar-refractivity contribution in [3.63, 3.8) is 0 Å². The lowest BCUT2D eigenvalue weighted by molar-refractivity contribution is 0.103. The van der Waals surface area contributed by atoms with Crippen LogP contribution in [0.3, 0.4) is 0 Å². The first-order chi connectivity index (χ1) is 16.5. The van der Waals surface area contributed by atoms with Gasteiger partial charge in [-0.25, -0.2) is 24.0 Å². The van der Waals surface area contributed by atoms with Gasteiger partial charge in [-0.2, -0.15) is 5.10 Å². The molecule has 0 aliphatic carbocycles. The summed E-state index contributed by atoms with van der Waals surface area (Å²) in [5.74, 6) is 0.0170. The number of nitrogen functional groups attached to an aromatic ring is 1. The van der Waals surface area contributed by atoms with Gasteiger partial charge in [0, 0.05) is 5.56 Å². The van der Waals surface area contributed by atoms with Crippen LogP contribution in [0.25, 0.3) is 38.3 Å². The van der Waals surface area contributed by atoms with E-state index in [1.54, 1.807) is 52.0 Å². The number of carbonyl (C=O) groups excluding carboxylic acids is 1. The van der Waals surface area contributed by atoms with Crippen molar-refractivity contribution >= 4 is 60.6 Å². The van der Waals surface area contributed by atoms with E-state index in [1.165, 1.54) is 23.5 Å². The Morgan fingerprint density at radius 2 is 1.91 bits per heavy atom. The number of fused-ring (bicyclic) bond motifs is 2. The van der Waals surface area contributed by atoms with Crippen LogP contribution in [-0.4, -0.2) is 30.6 Å². The van der Waals surface area contributed by atoms with Gasteiger partial charge in [0.15, 0.2) is 11.5 Å². The van der Waals surface area contributed by atoms with Gasteiger partial charge >= 0.3 is 0 Å². The van der Waals surface area contributed by atoms with Crippen molar-refractivity contribution in [1.29, 1.82) is 0 Å². The molecule has 6 aromatic rings. The molecule has 4 aromatic heterocycles. The Kier molecular flexibility index (Phi) is 4.78.